The zero-order valence-electron chi connectivity index (χ0n) is 34.2. The number of fused-ring (bicyclic) bond motifs is 3. The van der Waals surface area contributed by atoms with E-state index >= 15 is 0 Å². The van der Waals surface area contributed by atoms with Gasteiger partial charge in [0.05, 0.1) is 37.9 Å². The number of nitrogens with zero attached hydrogens (tertiary/aromatic N) is 3. The van der Waals surface area contributed by atoms with E-state index in [1.54, 1.807) is 6.33 Å². The minimum Gasteiger partial charge on any atom is -0.481 e. The molecule has 1 aromatic heterocycles. The van der Waals surface area contributed by atoms with Gasteiger partial charge in [-0.15, -0.1) is 10.2 Å². The Balaban J connectivity index is 1.53. The second-order valence-electron chi connectivity index (χ2n) is 20.2. The molecule has 12 atom stereocenters. The lowest BCUT2D eigenvalue weighted by Gasteiger charge is -2.71. The molecule has 0 unspecified atom stereocenters. The van der Waals surface area contributed by atoms with E-state index in [2.05, 4.69) is 90.8 Å². The topological polar surface area (TPSA) is 142 Å². The number of carboxylic acids is 1. The van der Waals surface area contributed by atoms with Crippen LogP contribution >= 0.6 is 0 Å². The minimum atomic E-state index is -0.657. The van der Waals surface area contributed by atoms with Crippen molar-refractivity contribution in [2.45, 2.75) is 145 Å². The molecule has 6 rings (SSSR count). The number of hydrogen-bond donors (Lipinski definition) is 3. The molecule has 0 aromatic carbocycles. The van der Waals surface area contributed by atoms with E-state index in [4.69, 9.17) is 15.2 Å². The van der Waals surface area contributed by atoms with E-state index in [9.17, 15) is 14.7 Å². The van der Waals surface area contributed by atoms with Gasteiger partial charge in [-0.2, -0.15) is 0 Å². The maximum atomic E-state index is 13.6. The van der Waals surface area contributed by atoms with Crippen LogP contribution in [0, 0.1) is 62.6 Å². The quantitative estimate of drug-likeness (QED) is 0.214. The number of carboxylic acid groups (broad SMARTS) is 1. The number of rotatable bonds is 10. The summed E-state index contributed by atoms with van der Waals surface area (Å²) in [5.74, 6) is 0.249. The van der Waals surface area contributed by atoms with Crippen LogP contribution in [0.1, 0.15) is 138 Å². The van der Waals surface area contributed by atoms with Gasteiger partial charge in [0.15, 0.2) is 0 Å². The first-order chi connectivity index (χ1) is 24.1. The third-order valence-corrected chi connectivity index (χ3v) is 16.5. The molecule has 2 heterocycles. The largest absolute Gasteiger partial charge is 0.481 e. The molecule has 4 aliphatic carbocycles. The van der Waals surface area contributed by atoms with E-state index in [1.165, 1.54) is 5.57 Å². The Labute approximate surface area is 312 Å². The van der Waals surface area contributed by atoms with Crippen LogP contribution < -0.4 is 11.1 Å². The van der Waals surface area contributed by atoms with Crippen molar-refractivity contribution in [1.29, 1.82) is 0 Å². The van der Waals surface area contributed by atoms with E-state index in [1.807, 2.05) is 18.4 Å². The van der Waals surface area contributed by atoms with Gasteiger partial charge in [0.25, 0.3) is 5.91 Å². The third kappa shape index (κ3) is 5.65. The van der Waals surface area contributed by atoms with Gasteiger partial charge >= 0.3 is 5.97 Å². The Kier molecular flexibility index (Phi) is 9.98. The van der Waals surface area contributed by atoms with Crippen LogP contribution in [0.2, 0.25) is 0 Å². The normalized spacial score (nSPS) is 41.8. The van der Waals surface area contributed by atoms with Crippen molar-refractivity contribution in [3.63, 3.8) is 0 Å². The number of nitrogens with two attached hydrogens (primary N) is 1. The number of aliphatic carboxylic acids is 1. The lowest BCUT2D eigenvalue weighted by molar-refractivity contribution is -0.253. The highest BCUT2D eigenvalue weighted by molar-refractivity contribution is 5.90. The smallest absolute Gasteiger partial charge is 0.307 e. The average Bonchev–Trinajstić information content (AvgIpc) is 3.54. The first-order valence-electron chi connectivity index (χ1n) is 20.2. The van der Waals surface area contributed by atoms with Gasteiger partial charge in [0.2, 0.25) is 5.82 Å². The van der Waals surface area contributed by atoms with Crippen LogP contribution in [0.3, 0.4) is 0 Å². The minimum absolute atomic E-state index is 0.0506. The zero-order valence-corrected chi connectivity index (χ0v) is 34.2. The van der Waals surface area contributed by atoms with Crippen LogP contribution in [0.4, 0.5) is 0 Å². The lowest BCUT2D eigenvalue weighted by atomic mass is 9.34. The number of carbonyl (C=O) groups is 2. The molecule has 0 spiro atoms. The van der Waals surface area contributed by atoms with E-state index in [-0.39, 0.29) is 58.1 Å². The number of allylic oxidation sites excluding steroid dienone is 1. The molecular weight excluding hydrogens is 654 g/mol. The summed E-state index contributed by atoms with van der Waals surface area (Å²) in [4.78, 5) is 27.2. The van der Waals surface area contributed by atoms with E-state index in [0.29, 0.717) is 43.9 Å². The summed E-state index contributed by atoms with van der Waals surface area (Å²) < 4.78 is 16.0. The van der Waals surface area contributed by atoms with E-state index < -0.39 is 28.3 Å². The predicted molar refractivity (Wildman–Crippen MR) is 202 cm³/mol. The fourth-order valence-corrected chi connectivity index (χ4v) is 12.5. The van der Waals surface area contributed by atoms with Gasteiger partial charge in [-0.05, 0) is 111 Å². The molecule has 1 aromatic rings. The number of amides is 1. The predicted octanol–water partition coefficient (Wildman–Crippen LogP) is 7.30. The third-order valence-electron chi connectivity index (χ3n) is 16.5. The molecule has 292 valence electrons. The van der Waals surface area contributed by atoms with Gasteiger partial charge in [0, 0.05) is 17.0 Å². The summed E-state index contributed by atoms with van der Waals surface area (Å²) in [6, 6.07) is -0.282. The number of nitrogens with one attached hydrogen (secondary N) is 1. The molecule has 1 aliphatic heterocycles. The molecule has 4 N–H and O–H groups in total. The van der Waals surface area contributed by atoms with Crippen molar-refractivity contribution in [2.75, 3.05) is 19.8 Å². The van der Waals surface area contributed by atoms with Crippen molar-refractivity contribution >= 4 is 11.9 Å². The highest BCUT2D eigenvalue weighted by Crippen LogP contribution is 2.75. The Bertz CT molecular complexity index is 1570. The highest BCUT2D eigenvalue weighted by Gasteiger charge is 2.72. The van der Waals surface area contributed by atoms with Gasteiger partial charge in [-0.1, -0.05) is 74.0 Å². The molecule has 0 radical (unpaired) electrons. The monoisotopic (exact) mass is 724 g/mol. The van der Waals surface area contributed by atoms with Crippen molar-refractivity contribution in [3.05, 3.63) is 23.8 Å². The van der Waals surface area contributed by atoms with Gasteiger partial charge < -0.3 is 30.2 Å². The van der Waals surface area contributed by atoms with E-state index in [0.717, 1.165) is 32.1 Å². The molecule has 3 saturated carbocycles. The molecule has 5 aliphatic rings. The maximum Gasteiger partial charge on any atom is 0.307 e. The van der Waals surface area contributed by atoms with Crippen LogP contribution in [-0.2, 0) is 14.3 Å². The summed E-state index contributed by atoms with van der Waals surface area (Å²) in [5, 5.41) is 22.9. The Morgan fingerprint density at radius 3 is 2.38 bits per heavy atom. The molecule has 10 heteroatoms. The second-order valence-corrected chi connectivity index (χ2v) is 20.2. The summed E-state index contributed by atoms with van der Waals surface area (Å²) in [6.07, 6.45) is 9.17. The summed E-state index contributed by atoms with van der Waals surface area (Å²) in [5.41, 5.74) is 6.10. The summed E-state index contributed by atoms with van der Waals surface area (Å²) >= 11 is 0. The number of hydrogen-bond acceptors (Lipinski definition) is 7. The first-order valence-corrected chi connectivity index (χ1v) is 20.2. The van der Waals surface area contributed by atoms with Gasteiger partial charge in [0.1, 0.15) is 6.33 Å². The molecule has 4 fully saturated rings. The number of carbonyl (C=O) groups excluding carboxylic acids is 1. The second kappa shape index (κ2) is 13.2. The van der Waals surface area contributed by atoms with Crippen molar-refractivity contribution in [3.8, 4) is 0 Å². The Hall–Kier alpha value is -2.30. The standard InChI is InChI=1S/C42H69N5O5/c1-24(2)27(7)38(9)17-18-39(10)28-13-14-31-37(8)19-30(47-23-44-46-34(47)35(48)45-26(5)6)33(52-21-41(12,43)25(3)4)42(31,22-51-20-37)29(28)15-16-40(39,11)32(38)36(49)50/h15,23-28,30-33H,13-14,16-22,43H2,1-12H3,(H,45,48)(H,49,50)/t27-,28+,30-,31-,32-,33+,37-,38-,39-,40+,41+,42+/m1/s1. The zero-order chi connectivity index (χ0) is 38.4. The Morgan fingerprint density at radius 1 is 1.08 bits per heavy atom. The van der Waals surface area contributed by atoms with Crippen molar-refractivity contribution < 1.29 is 24.2 Å². The van der Waals surface area contributed by atoms with Crippen molar-refractivity contribution in [1.82, 2.24) is 20.1 Å². The molecule has 2 bridgehead atoms. The van der Waals surface area contributed by atoms with Crippen LogP contribution in [0.25, 0.3) is 0 Å². The van der Waals surface area contributed by atoms with Gasteiger partial charge in [-0.25, -0.2) is 0 Å². The van der Waals surface area contributed by atoms with Crippen LogP contribution in [-0.4, -0.2) is 69.3 Å². The van der Waals surface area contributed by atoms with Crippen LogP contribution in [0.5, 0.6) is 0 Å². The van der Waals surface area contributed by atoms with Crippen LogP contribution in [0.15, 0.2) is 18.0 Å². The lowest BCUT2D eigenvalue weighted by Crippen LogP contribution is -2.70. The fourth-order valence-electron chi connectivity index (χ4n) is 12.5. The molecule has 1 saturated heterocycles. The number of aromatic nitrogens is 3. The molecule has 10 nitrogen and oxygen atoms in total. The molecule has 1 amide bonds. The maximum absolute atomic E-state index is 13.6. The Morgan fingerprint density at radius 2 is 1.77 bits per heavy atom. The van der Waals surface area contributed by atoms with Gasteiger partial charge in [-0.3, -0.25) is 9.59 Å². The van der Waals surface area contributed by atoms with Crippen molar-refractivity contribution in [2.24, 2.45) is 68.3 Å². The molecular formula is C42H69N5O5. The SMILES string of the molecule is CC(C)NC(=O)c1nncn1[C@@H]1C[C@]2(C)COC[C@@]3(C4=CC[C@@]5(C)[C@H](C(=O)O)[C@@](C)([C@H](C)C(C)C)CC[C@]5(C)[C@H]4CC[C@H]23)[C@H]1OC[C@](C)(N)C(C)C. The number of ether oxygens (including phenoxy) is 2. The average molecular weight is 724 g/mol. The highest BCUT2D eigenvalue weighted by atomic mass is 16.5. The molecule has 52 heavy (non-hydrogen) atoms. The fraction of sp³-hybridized carbons (Fsp3) is 0.857. The first kappa shape index (κ1) is 39.4. The summed E-state index contributed by atoms with van der Waals surface area (Å²) in [6.45, 7) is 27.8. The summed E-state index contributed by atoms with van der Waals surface area (Å²) in [7, 11) is 0.